The lowest BCUT2D eigenvalue weighted by Gasteiger charge is -2.19. The highest BCUT2D eigenvalue weighted by Crippen LogP contribution is 2.27. The van der Waals surface area contributed by atoms with Gasteiger partial charge in [0.1, 0.15) is 6.07 Å². The molecule has 1 unspecified atom stereocenters. The highest BCUT2D eigenvalue weighted by Gasteiger charge is 2.20. The number of hydrogen-bond donors (Lipinski definition) is 1. The van der Waals surface area contributed by atoms with Crippen LogP contribution in [0.2, 0.25) is 0 Å². The standard InChI is InChI=1S/C15H16N2O2/c1-11-6-7-17(10-11)14-4-2-12(3-5-15(18)19)8-13(14)9-16/h2-5,8,11H,6-7,10H2,1H3,(H,18,19)/b5-3+. The SMILES string of the molecule is CC1CCN(c2ccc(/C=C/C(=O)O)cc2C#N)C1. The molecule has 0 aliphatic carbocycles. The molecule has 2 rings (SSSR count). The number of carboxylic acids is 1. The fraction of sp³-hybridized carbons (Fsp3) is 0.333. The minimum absolute atomic E-state index is 0.599. The van der Waals surface area contributed by atoms with Crippen LogP contribution >= 0.6 is 0 Å². The van der Waals surface area contributed by atoms with Crippen LogP contribution in [0.25, 0.3) is 6.08 Å². The summed E-state index contributed by atoms with van der Waals surface area (Å²) in [6, 6.07) is 7.67. The van der Waals surface area contributed by atoms with Gasteiger partial charge < -0.3 is 10.0 Å². The lowest BCUT2D eigenvalue weighted by atomic mass is 10.1. The van der Waals surface area contributed by atoms with Gasteiger partial charge in [0.25, 0.3) is 0 Å². The molecule has 4 heteroatoms. The molecule has 19 heavy (non-hydrogen) atoms. The van der Waals surface area contributed by atoms with Crippen LogP contribution in [-0.4, -0.2) is 24.2 Å². The van der Waals surface area contributed by atoms with Gasteiger partial charge in [0.05, 0.1) is 11.3 Å². The zero-order valence-electron chi connectivity index (χ0n) is 10.8. The highest BCUT2D eigenvalue weighted by molar-refractivity contribution is 5.85. The van der Waals surface area contributed by atoms with Crippen LogP contribution in [0.3, 0.4) is 0 Å². The van der Waals surface area contributed by atoms with Crippen molar-refractivity contribution in [3.8, 4) is 6.07 Å². The molecule has 0 aromatic heterocycles. The predicted molar refractivity (Wildman–Crippen MR) is 73.8 cm³/mol. The highest BCUT2D eigenvalue weighted by atomic mass is 16.4. The number of nitrogens with zero attached hydrogens (tertiary/aromatic N) is 2. The van der Waals surface area contributed by atoms with Gasteiger partial charge in [-0.2, -0.15) is 5.26 Å². The summed E-state index contributed by atoms with van der Waals surface area (Å²) in [5.74, 6) is -0.339. The summed E-state index contributed by atoms with van der Waals surface area (Å²) in [6.07, 6.45) is 3.72. The summed E-state index contributed by atoms with van der Waals surface area (Å²) in [7, 11) is 0. The van der Waals surface area contributed by atoms with Gasteiger partial charge in [-0.05, 0) is 36.1 Å². The summed E-state index contributed by atoms with van der Waals surface area (Å²) in [4.78, 5) is 12.7. The molecule has 1 N–H and O–H groups in total. The zero-order valence-corrected chi connectivity index (χ0v) is 10.8. The molecule has 0 spiro atoms. The van der Waals surface area contributed by atoms with Crippen molar-refractivity contribution in [3.63, 3.8) is 0 Å². The quantitative estimate of drug-likeness (QED) is 0.844. The molecule has 0 bridgehead atoms. The average molecular weight is 256 g/mol. The van der Waals surface area contributed by atoms with Crippen LogP contribution in [0.4, 0.5) is 5.69 Å². The topological polar surface area (TPSA) is 64.3 Å². The maximum atomic E-state index is 10.5. The van der Waals surface area contributed by atoms with E-state index in [1.165, 1.54) is 6.08 Å². The van der Waals surface area contributed by atoms with Crippen LogP contribution in [-0.2, 0) is 4.79 Å². The summed E-state index contributed by atoms with van der Waals surface area (Å²) in [6.45, 7) is 4.15. The number of aliphatic carboxylic acids is 1. The first-order valence-electron chi connectivity index (χ1n) is 6.30. The number of hydrogen-bond acceptors (Lipinski definition) is 3. The van der Waals surface area contributed by atoms with E-state index in [9.17, 15) is 10.1 Å². The average Bonchev–Trinajstić information content (AvgIpc) is 2.82. The molecule has 1 heterocycles. The monoisotopic (exact) mass is 256 g/mol. The van der Waals surface area contributed by atoms with Crippen LogP contribution in [0.5, 0.6) is 0 Å². The van der Waals surface area contributed by atoms with Crippen molar-refractivity contribution in [2.75, 3.05) is 18.0 Å². The lowest BCUT2D eigenvalue weighted by Crippen LogP contribution is -2.20. The fourth-order valence-corrected chi connectivity index (χ4v) is 2.34. The Balaban J connectivity index is 2.27. The molecular weight excluding hydrogens is 240 g/mol. The van der Waals surface area contributed by atoms with Gasteiger partial charge in [-0.1, -0.05) is 13.0 Å². The van der Waals surface area contributed by atoms with Crippen molar-refractivity contribution in [3.05, 3.63) is 35.4 Å². The van der Waals surface area contributed by atoms with Gasteiger partial charge >= 0.3 is 5.97 Å². The first-order chi connectivity index (χ1) is 9.10. The maximum absolute atomic E-state index is 10.5. The Morgan fingerprint density at radius 2 is 2.37 bits per heavy atom. The van der Waals surface area contributed by atoms with Crippen molar-refractivity contribution >= 4 is 17.7 Å². The molecule has 1 aromatic carbocycles. The summed E-state index contributed by atoms with van der Waals surface area (Å²) < 4.78 is 0. The number of nitriles is 1. The van der Waals surface area contributed by atoms with E-state index in [0.29, 0.717) is 11.5 Å². The molecule has 1 saturated heterocycles. The zero-order chi connectivity index (χ0) is 13.8. The summed E-state index contributed by atoms with van der Waals surface area (Å²) in [5.41, 5.74) is 2.27. The molecule has 4 nitrogen and oxygen atoms in total. The number of carbonyl (C=O) groups is 1. The smallest absolute Gasteiger partial charge is 0.328 e. The Morgan fingerprint density at radius 1 is 1.58 bits per heavy atom. The summed E-state index contributed by atoms with van der Waals surface area (Å²) in [5, 5.41) is 17.8. The minimum Gasteiger partial charge on any atom is -0.478 e. The van der Waals surface area contributed by atoms with E-state index in [1.54, 1.807) is 6.07 Å². The Labute approximate surface area is 112 Å². The van der Waals surface area contributed by atoms with E-state index in [0.717, 1.165) is 36.8 Å². The Kier molecular flexibility index (Phi) is 3.86. The van der Waals surface area contributed by atoms with Crippen molar-refractivity contribution in [1.29, 1.82) is 5.26 Å². The van der Waals surface area contributed by atoms with Gasteiger partial charge in [0.15, 0.2) is 0 Å². The van der Waals surface area contributed by atoms with Gasteiger partial charge in [-0.25, -0.2) is 4.79 Å². The third-order valence-electron chi connectivity index (χ3n) is 3.32. The molecule has 1 atom stereocenters. The van der Waals surface area contributed by atoms with Gasteiger partial charge in [0, 0.05) is 19.2 Å². The first kappa shape index (κ1) is 13.2. The van der Waals surface area contributed by atoms with E-state index in [4.69, 9.17) is 5.11 Å². The molecule has 0 saturated carbocycles. The second-order valence-electron chi connectivity index (χ2n) is 4.90. The van der Waals surface area contributed by atoms with Crippen LogP contribution in [0.1, 0.15) is 24.5 Å². The van der Waals surface area contributed by atoms with E-state index in [1.807, 2.05) is 12.1 Å². The largest absolute Gasteiger partial charge is 0.478 e. The molecule has 98 valence electrons. The Hall–Kier alpha value is -2.28. The second-order valence-corrected chi connectivity index (χ2v) is 4.90. The number of carboxylic acid groups (broad SMARTS) is 1. The van der Waals surface area contributed by atoms with Crippen molar-refractivity contribution < 1.29 is 9.90 Å². The third-order valence-corrected chi connectivity index (χ3v) is 3.32. The molecule has 0 radical (unpaired) electrons. The second kappa shape index (κ2) is 5.57. The van der Waals surface area contributed by atoms with E-state index >= 15 is 0 Å². The summed E-state index contributed by atoms with van der Waals surface area (Å²) >= 11 is 0. The minimum atomic E-state index is -0.990. The van der Waals surface area contributed by atoms with E-state index in [2.05, 4.69) is 17.9 Å². The molecular formula is C15H16N2O2. The molecule has 1 fully saturated rings. The van der Waals surface area contributed by atoms with Crippen molar-refractivity contribution in [1.82, 2.24) is 0 Å². The molecule has 0 amide bonds. The maximum Gasteiger partial charge on any atom is 0.328 e. The van der Waals surface area contributed by atoms with Crippen LogP contribution < -0.4 is 4.90 Å². The van der Waals surface area contributed by atoms with E-state index < -0.39 is 5.97 Å². The number of benzene rings is 1. The first-order valence-corrected chi connectivity index (χ1v) is 6.30. The fourth-order valence-electron chi connectivity index (χ4n) is 2.34. The number of anilines is 1. The molecule has 1 aromatic rings. The molecule has 1 aliphatic rings. The molecule has 1 aliphatic heterocycles. The van der Waals surface area contributed by atoms with Gasteiger partial charge in [0.2, 0.25) is 0 Å². The van der Waals surface area contributed by atoms with Crippen LogP contribution in [0, 0.1) is 17.2 Å². The Morgan fingerprint density at radius 3 is 2.95 bits per heavy atom. The Bertz CT molecular complexity index is 558. The van der Waals surface area contributed by atoms with Gasteiger partial charge in [-0.15, -0.1) is 0 Å². The van der Waals surface area contributed by atoms with Gasteiger partial charge in [-0.3, -0.25) is 0 Å². The third kappa shape index (κ3) is 3.14. The normalized spacial score (nSPS) is 18.7. The van der Waals surface area contributed by atoms with Crippen LogP contribution in [0.15, 0.2) is 24.3 Å². The van der Waals surface area contributed by atoms with E-state index in [-0.39, 0.29) is 0 Å². The number of rotatable bonds is 3. The lowest BCUT2D eigenvalue weighted by molar-refractivity contribution is -0.131. The van der Waals surface area contributed by atoms with Crippen molar-refractivity contribution in [2.45, 2.75) is 13.3 Å². The predicted octanol–water partition coefficient (Wildman–Crippen LogP) is 2.50. The van der Waals surface area contributed by atoms with Crippen molar-refractivity contribution in [2.24, 2.45) is 5.92 Å².